The molecule has 1 amide bonds. The van der Waals surface area contributed by atoms with E-state index in [2.05, 4.69) is 0 Å². The van der Waals surface area contributed by atoms with Crippen molar-refractivity contribution in [1.29, 1.82) is 0 Å². The van der Waals surface area contributed by atoms with Crippen LogP contribution in [0, 0.1) is 10.1 Å². The molecule has 0 radical (unpaired) electrons. The van der Waals surface area contributed by atoms with E-state index in [0.717, 1.165) is 0 Å². The van der Waals surface area contributed by atoms with Crippen LogP contribution in [0.4, 0.5) is 5.69 Å². The molecular weight excluding hydrogens is 420 g/mol. The van der Waals surface area contributed by atoms with Crippen LogP contribution >= 0.6 is 11.6 Å². The molecule has 1 aliphatic heterocycles. The third-order valence-corrected chi connectivity index (χ3v) is 6.78. The van der Waals surface area contributed by atoms with Crippen LogP contribution in [0.5, 0.6) is 5.75 Å². The molecule has 2 aromatic rings. The molecule has 0 saturated carbocycles. The lowest BCUT2D eigenvalue weighted by atomic mass is 10.1. The minimum atomic E-state index is -3.20. The van der Waals surface area contributed by atoms with E-state index in [4.69, 9.17) is 16.3 Å². The van der Waals surface area contributed by atoms with Crippen LogP contribution in [0.15, 0.2) is 48.5 Å². The van der Waals surface area contributed by atoms with Crippen LogP contribution in [0.25, 0.3) is 0 Å². The van der Waals surface area contributed by atoms with E-state index in [9.17, 15) is 23.3 Å². The van der Waals surface area contributed by atoms with Gasteiger partial charge in [-0.15, -0.1) is 0 Å². The molecule has 29 heavy (non-hydrogen) atoms. The van der Waals surface area contributed by atoms with E-state index >= 15 is 0 Å². The van der Waals surface area contributed by atoms with Gasteiger partial charge in [-0.05, 0) is 24.1 Å². The molecule has 10 heteroatoms. The third-order valence-electron chi connectivity index (χ3n) is 4.66. The average molecular weight is 439 g/mol. The van der Waals surface area contributed by atoms with Crippen molar-refractivity contribution in [3.05, 3.63) is 69.2 Å². The van der Waals surface area contributed by atoms with Crippen molar-refractivity contribution in [3.63, 3.8) is 0 Å². The number of sulfone groups is 1. The van der Waals surface area contributed by atoms with Gasteiger partial charge in [-0.3, -0.25) is 14.9 Å². The highest BCUT2D eigenvalue weighted by Gasteiger charge is 2.35. The predicted octanol–water partition coefficient (Wildman–Crippen LogP) is 2.84. The van der Waals surface area contributed by atoms with Gasteiger partial charge < -0.3 is 9.64 Å². The van der Waals surface area contributed by atoms with E-state index in [1.807, 2.05) is 0 Å². The molecule has 0 spiro atoms. The minimum absolute atomic E-state index is 0.0235. The molecule has 3 rings (SSSR count). The first-order valence-corrected chi connectivity index (χ1v) is 11.1. The van der Waals surface area contributed by atoms with Crippen molar-refractivity contribution < 1.29 is 22.9 Å². The fourth-order valence-corrected chi connectivity index (χ4v) is 5.09. The number of nitro groups is 1. The van der Waals surface area contributed by atoms with Crippen molar-refractivity contribution in [3.8, 4) is 5.75 Å². The zero-order chi connectivity index (χ0) is 21.0. The first kappa shape index (κ1) is 21.1. The number of hydrogen-bond donors (Lipinski definition) is 0. The quantitative estimate of drug-likeness (QED) is 0.486. The number of nitrogens with zero attached hydrogens (tertiary/aromatic N) is 2. The number of carbonyl (C=O) groups excluding carboxylic acids is 1. The standard InChI is InChI=1S/C19H19ClN2O6S/c20-18-7-2-1-4-14(18)11-21(16-8-9-29(26,27)13-16)19(23)12-28-17-6-3-5-15(10-17)22(24)25/h1-7,10,16H,8-9,11-13H2. The number of ether oxygens (including phenoxy) is 1. The molecular formula is C19H19ClN2O6S. The number of rotatable bonds is 7. The van der Waals surface area contributed by atoms with E-state index in [-0.39, 0.29) is 36.1 Å². The summed E-state index contributed by atoms with van der Waals surface area (Å²) in [5, 5.41) is 11.4. The van der Waals surface area contributed by atoms with Gasteiger partial charge in [0.1, 0.15) is 5.75 Å². The summed E-state index contributed by atoms with van der Waals surface area (Å²) in [6.07, 6.45) is 0.343. The maximum Gasteiger partial charge on any atom is 0.273 e. The fourth-order valence-electron chi connectivity index (χ4n) is 3.17. The summed E-state index contributed by atoms with van der Waals surface area (Å²) in [6.45, 7) is -0.223. The molecule has 1 heterocycles. The predicted molar refractivity (Wildman–Crippen MR) is 108 cm³/mol. The highest BCUT2D eigenvalue weighted by Crippen LogP contribution is 2.24. The lowest BCUT2D eigenvalue weighted by Gasteiger charge is -2.28. The normalized spacial score (nSPS) is 17.6. The summed E-state index contributed by atoms with van der Waals surface area (Å²) in [5.74, 6) is -0.321. The number of non-ortho nitro benzene ring substituents is 1. The first-order chi connectivity index (χ1) is 13.7. The summed E-state index contributed by atoms with van der Waals surface area (Å²) >= 11 is 6.20. The van der Waals surface area contributed by atoms with Gasteiger partial charge in [-0.1, -0.05) is 35.9 Å². The largest absolute Gasteiger partial charge is 0.484 e. The Hall–Kier alpha value is -2.65. The Kier molecular flexibility index (Phi) is 6.39. The topological polar surface area (TPSA) is 107 Å². The Balaban J connectivity index is 1.76. The lowest BCUT2D eigenvalue weighted by molar-refractivity contribution is -0.384. The van der Waals surface area contributed by atoms with E-state index < -0.39 is 26.7 Å². The molecule has 0 N–H and O–H groups in total. The molecule has 154 valence electrons. The van der Waals surface area contributed by atoms with E-state index in [1.54, 1.807) is 24.3 Å². The molecule has 2 aromatic carbocycles. The SMILES string of the molecule is O=C(COc1cccc([N+](=O)[O-])c1)N(Cc1ccccc1Cl)C1CCS(=O)(=O)C1. The number of nitro benzene ring substituents is 1. The lowest BCUT2D eigenvalue weighted by Crippen LogP contribution is -2.43. The Morgan fingerprint density at radius 3 is 2.66 bits per heavy atom. The van der Waals surface area contributed by atoms with Gasteiger partial charge in [-0.2, -0.15) is 0 Å². The van der Waals surface area contributed by atoms with Crippen molar-refractivity contribution in [2.75, 3.05) is 18.1 Å². The maximum atomic E-state index is 12.9. The first-order valence-electron chi connectivity index (χ1n) is 8.86. The minimum Gasteiger partial charge on any atom is -0.484 e. The van der Waals surface area contributed by atoms with Gasteiger partial charge in [0.15, 0.2) is 16.4 Å². The average Bonchev–Trinajstić information content (AvgIpc) is 3.05. The van der Waals surface area contributed by atoms with Crippen molar-refractivity contribution in [1.82, 2.24) is 4.90 Å². The number of halogens is 1. The van der Waals surface area contributed by atoms with E-state index in [1.165, 1.54) is 29.2 Å². The van der Waals surface area contributed by atoms with Crippen LogP contribution in [0.3, 0.4) is 0 Å². The second kappa shape index (κ2) is 8.79. The second-order valence-electron chi connectivity index (χ2n) is 6.71. The summed E-state index contributed by atoms with van der Waals surface area (Å²) in [6, 6.07) is 12.1. The summed E-state index contributed by atoms with van der Waals surface area (Å²) < 4.78 is 29.3. The van der Waals surface area contributed by atoms with Gasteiger partial charge in [0.25, 0.3) is 11.6 Å². The summed E-state index contributed by atoms with van der Waals surface area (Å²) in [7, 11) is -3.20. The van der Waals surface area contributed by atoms with Gasteiger partial charge >= 0.3 is 0 Å². The molecule has 0 aromatic heterocycles. The zero-order valence-corrected chi connectivity index (χ0v) is 16.9. The van der Waals surface area contributed by atoms with Crippen LogP contribution in [-0.2, 0) is 21.2 Å². The number of hydrogen-bond acceptors (Lipinski definition) is 6. The Bertz CT molecular complexity index is 1030. The number of amides is 1. The van der Waals surface area contributed by atoms with Crippen LogP contribution in [-0.4, -0.2) is 48.3 Å². The smallest absolute Gasteiger partial charge is 0.273 e. The number of carbonyl (C=O) groups is 1. The summed E-state index contributed by atoms with van der Waals surface area (Å²) in [4.78, 5) is 24.7. The third kappa shape index (κ3) is 5.45. The monoisotopic (exact) mass is 438 g/mol. The number of benzene rings is 2. The Morgan fingerprint density at radius 2 is 2.00 bits per heavy atom. The van der Waals surface area contributed by atoms with Crippen LogP contribution in [0.1, 0.15) is 12.0 Å². The van der Waals surface area contributed by atoms with Gasteiger partial charge in [0.05, 0.1) is 22.5 Å². The molecule has 1 saturated heterocycles. The molecule has 1 atom stereocenters. The molecule has 0 aliphatic carbocycles. The van der Waals surface area contributed by atoms with Crippen LogP contribution in [0.2, 0.25) is 5.02 Å². The molecule has 1 aliphatic rings. The van der Waals surface area contributed by atoms with Gasteiger partial charge in [0, 0.05) is 23.7 Å². The zero-order valence-electron chi connectivity index (χ0n) is 15.4. The van der Waals surface area contributed by atoms with Crippen molar-refractivity contribution >= 4 is 33.0 Å². The molecule has 0 bridgehead atoms. The Labute approximate surface area is 173 Å². The molecule has 1 unspecified atom stereocenters. The fraction of sp³-hybridized carbons (Fsp3) is 0.316. The summed E-state index contributed by atoms with van der Waals surface area (Å²) in [5.41, 5.74) is 0.548. The molecule has 8 nitrogen and oxygen atoms in total. The van der Waals surface area contributed by atoms with Gasteiger partial charge in [0.2, 0.25) is 0 Å². The maximum absolute atomic E-state index is 12.9. The van der Waals surface area contributed by atoms with Gasteiger partial charge in [-0.25, -0.2) is 8.42 Å². The van der Waals surface area contributed by atoms with Crippen molar-refractivity contribution in [2.45, 2.75) is 19.0 Å². The Morgan fingerprint density at radius 1 is 1.24 bits per heavy atom. The van der Waals surface area contributed by atoms with E-state index in [0.29, 0.717) is 17.0 Å². The second-order valence-corrected chi connectivity index (χ2v) is 9.35. The molecule has 1 fully saturated rings. The van der Waals surface area contributed by atoms with Crippen LogP contribution < -0.4 is 4.74 Å². The highest BCUT2D eigenvalue weighted by molar-refractivity contribution is 7.91. The highest BCUT2D eigenvalue weighted by atomic mass is 35.5. The van der Waals surface area contributed by atoms with Crippen molar-refractivity contribution in [2.24, 2.45) is 0 Å².